The van der Waals surface area contributed by atoms with Gasteiger partial charge in [-0.2, -0.15) is 0 Å². The van der Waals surface area contributed by atoms with E-state index in [0.29, 0.717) is 31.5 Å². The maximum atomic E-state index is 12.7. The summed E-state index contributed by atoms with van der Waals surface area (Å²) >= 11 is 0. The molecular formula is C48H82O14P2. The van der Waals surface area contributed by atoms with Crippen molar-refractivity contribution in [2.45, 2.75) is 192 Å². The normalized spacial score (nSPS) is 17.7. The second-order valence-electron chi connectivity index (χ2n) is 16.0. The molecule has 4 N–H and O–H groups in total. The third kappa shape index (κ3) is 39.8. The van der Waals surface area contributed by atoms with E-state index in [-0.39, 0.29) is 12.8 Å². The van der Waals surface area contributed by atoms with E-state index in [2.05, 4.69) is 77.6 Å². The van der Waals surface area contributed by atoms with Gasteiger partial charge in [0, 0.05) is 12.8 Å². The van der Waals surface area contributed by atoms with Crippen molar-refractivity contribution >= 4 is 27.6 Å². The van der Waals surface area contributed by atoms with Gasteiger partial charge in [-0.1, -0.05) is 151 Å². The number of hydrogen-bond donors (Lipinski definition) is 4. The van der Waals surface area contributed by atoms with Gasteiger partial charge in [-0.15, -0.1) is 0 Å². The standard InChI is InChI=1S/C48H82O14P2/c1-3-5-7-8-9-10-11-12-13-14-15-16-20-23-26-29-33-37-47(50)57-41-44(42-60-64(55,56)59-40-43(49)39-58-63(52,53)54)61-48(51)38-34-30-27-24-21-18-17-19-22-25-28-32-36-46-45(62-46)35-31-6-4-2/h6,12-13,18-19,21-22,27-28,30-32,43-46,49H,3-5,7-11,14-17,20,23-26,29,33-42H2,1-2H3,(H,55,56)(H2,52,53,54)/b13-12-,21-18-,22-19-,30-27-,31-6-,32-28-/t43-,44+,45?,46?/m0/s1. The summed E-state index contributed by atoms with van der Waals surface area (Å²) in [5, 5.41) is 9.76. The number of hydrogen-bond acceptors (Lipinski definition) is 11. The van der Waals surface area contributed by atoms with Gasteiger partial charge in [0.1, 0.15) is 12.7 Å². The number of allylic oxidation sites excluding steroid dienone is 10. The third-order valence-electron chi connectivity index (χ3n) is 9.98. The maximum absolute atomic E-state index is 12.7. The van der Waals surface area contributed by atoms with Crippen LogP contribution in [0.1, 0.15) is 168 Å². The van der Waals surface area contributed by atoms with Crippen LogP contribution in [0.25, 0.3) is 0 Å². The van der Waals surface area contributed by atoms with Crippen molar-refractivity contribution in [1.82, 2.24) is 0 Å². The Kier molecular flexibility index (Phi) is 36.9. The molecule has 5 atom stereocenters. The number of ether oxygens (including phenoxy) is 3. The molecule has 0 aromatic carbocycles. The Bertz CT molecular complexity index is 1470. The van der Waals surface area contributed by atoms with Crippen LogP contribution in [-0.2, 0) is 46.5 Å². The lowest BCUT2D eigenvalue weighted by atomic mass is 10.1. The molecule has 0 amide bonds. The number of phosphoric ester groups is 2. The molecule has 0 bridgehead atoms. The highest BCUT2D eigenvalue weighted by molar-refractivity contribution is 7.47. The molecule has 0 aromatic rings. The van der Waals surface area contributed by atoms with Crippen LogP contribution in [0, 0.1) is 0 Å². The van der Waals surface area contributed by atoms with Crippen molar-refractivity contribution in [3.05, 3.63) is 72.9 Å². The molecule has 64 heavy (non-hydrogen) atoms. The summed E-state index contributed by atoms with van der Waals surface area (Å²) in [6.45, 7) is 1.55. The second-order valence-corrected chi connectivity index (χ2v) is 18.7. The highest BCUT2D eigenvalue weighted by Crippen LogP contribution is 2.44. The van der Waals surface area contributed by atoms with Crippen LogP contribution in [0.2, 0.25) is 0 Å². The van der Waals surface area contributed by atoms with Crippen molar-refractivity contribution in [2.75, 3.05) is 26.4 Å². The quantitative estimate of drug-likeness (QED) is 0.0147. The smallest absolute Gasteiger partial charge is 0.462 e. The fourth-order valence-electron chi connectivity index (χ4n) is 6.29. The second kappa shape index (κ2) is 39.7. The number of rotatable bonds is 43. The lowest BCUT2D eigenvalue weighted by molar-refractivity contribution is -0.161. The van der Waals surface area contributed by atoms with Crippen LogP contribution in [0.3, 0.4) is 0 Å². The highest BCUT2D eigenvalue weighted by Gasteiger charge is 2.36. The molecular weight excluding hydrogens is 862 g/mol. The minimum atomic E-state index is -4.88. The monoisotopic (exact) mass is 945 g/mol. The third-order valence-corrected chi connectivity index (χ3v) is 11.4. The van der Waals surface area contributed by atoms with Crippen LogP contribution in [0.5, 0.6) is 0 Å². The van der Waals surface area contributed by atoms with Gasteiger partial charge in [0.2, 0.25) is 0 Å². The van der Waals surface area contributed by atoms with Gasteiger partial charge in [-0.05, 0) is 77.0 Å². The van der Waals surface area contributed by atoms with Crippen molar-refractivity contribution in [1.29, 1.82) is 0 Å². The van der Waals surface area contributed by atoms with Crippen LogP contribution in [0.15, 0.2) is 72.9 Å². The van der Waals surface area contributed by atoms with Gasteiger partial charge in [0.25, 0.3) is 0 Å². The first-order valence-electron chi connectivity index (χ1n) is 23.8. The summed E-state index contributed by atoms with van der Waals surface area (Å²) < 4.78 is 53.5. The zero-order valence-corrected chi connectivity index (χ0v) is 40.6. The molecule has 16 heteroatoms. The average Bonchev–Trinajstić information content (AvgIpc) is 4.01. The first kappa shape index (κ1) is 59.5. The van der Waals surface area contributed by atoms with Gasteiger partial charge in [0.05, 0.1) is 32.0 Å². The first-order valence-corrected chi connectivity index (χ1v) is 26.8. The van der Waals surface area contributed by atoms with Crippen LogP contribution in [-0.4, -0.2) is 82.6 Å². The van der Waals surface area contributed by atoms with E-state index in [0.717, 1.165) is 64.2 Å². The van der Waals surface area contributed by atoms with Crippen molar-refractivity contribution in [3.8, 4) is 0 Å². The average molecular weight is 945 g/mol. The Hall–Kier alpha value is -2.48. The van der Waals surface area contributed by atoms with E-state index in [1.807, 2.05) is 18.2 Å². The summed E-state index contributed by atoms with van der Waals surface area (Å²) in [5.41, 5.74) is 0. The van der Waals surface area contributed by atoms with Gasteiger partial charge in [0.15, 0.2) is 6.10 Å². The van der Waals surface area contributed by atoms with Gasteiger partial charge < -0.3 is 34.0 Å². The molecule has 1 heterocycles. The predicted octanol–water partition coefficient (Wildman–Crippen LogP) is 11.6. The number of epoxide rings is 1. The van der Waals surface area contributed by atoms with E-state index in [1.54, 1.807) is 0 Å². The maximum Gasteiger partial charge on any atom is 0.472 e. The SMILES string of the molecule is CC/C=C\CC1OC1C/C=C\C/C=C\C/C=C\C/C=C\CCC(=O)O[C@H](COC(=O)CCCCCCCCC/C=C\CCCCCCCC)COP(=O)(O)OC[C@@H](O)COP(=O)(O)O. The fraction of sp³-hybridized carbons (Fsp3) is 0.708. The Morgan fingerprint density at radius 3 is 1.61 bits per heavy atom. The molecule has 1 saturated heterocycles. The van der Waals surface area contributed by atoms with Gasteiger partial charge in [-0.25, -0.2) is 9.13 Å². The summed E-state index contributed by atoms with van der Waals surface area (Å²) in [7, 11) is -9.71. The molecule has 0 radical (unpaired) electrons. The molecule has 0 aromatic heterocycles. The van der Waals surface area contributed by atoms with Crippen LogP contribution >= 0.6 is 15.6 Å². The zero-order valence-electron chi connectivity index (χ0n) is 38.8. The van der Waals surface area contributed by atoms with E-state index in [9.17, 15) is 28.7 Å². The Morgan fingerprint density at radius 1 is 0.547 bits per heavy atom. The molecule has 1 aliphatic rings. The number of esters is 2. The topological polar surface area (TPSA) is 208 Å². The summed E-state index contributed by atoms with van der Waals surface area (Å²) in [5.74, 6) is -1.14. The molecule has 368 valence electrons. The minimum Gasteiger partial charge on any atom is -0.462 e. The van der Waals surface area contributed by atoms with Crippen molar-refractivity contribution in [2.24, 2.45) is 0 Å². The Morgan fingerprint density at radius 2 is 1.03 bits per heavy atom. The number of carbonyl (C=O) groups is 2. The zero-order chi connectivity index (χ0) is 47.0. The van der Waals surface area contributed by atoms with Gasteiger partial charge in [-0.3, -0.25) is 23.2 Å². The molecule has 1 aliphatic heterocycles. The number of aliphatic hydroxyl groups is 1. The molecule has 1 fully saturated rings. The number of carbonyl (C=O) groups excluding carboxylic acids is 2. The van der Waals surface area contributed by atoms with E-state index < -0.39 is 66.2 Å². The lowest BCUT2D eigenvalue weighted by Gasteiger charge is -2.20. The summed E-state index contributed by atoms with van der Waals surface area (Å²) in [4.78, 5) is 52.8. The molecule has 14 nitrogen and oxygen atoms in total. The van der Waals surface area contributed by atoms with E-state index >= 15 is 0 Å². The van der Waals surface area contributed by atoms with E-state index in [1.165, 1.54) is 57.8 Å². The van der Waals surface area contributed by atoms with Crippen LogP contribution < -0.4 is 0 Å². The molecule has 3 unspecified atom stereocenters. The Labute approximate surface area is 384 Å². The number of phosphoric acid groups is 2. The largest absolute Gasteiger partial charge is 0.472 e. The van der Waals surface area contributed by atoms with E-state index in [4.69, 9.17) is 28.5 Å². The Balaban J connectivity index is 2.38. The van der Waals surface area contributed by atoms with Crippen LogP contribution in [0.4, 0.5) is 0 Å². The van der Waals surface area contributed by atoms with Crippen molar-refractivity contribution < 1.29 is 66.3 Å². The number of aliphatic hydroxyl groups excluding tert-OH is 1. The predicted molar refractivity (Wildman–Crippen MR) is 252 cm³/mol. The minimum absolute atomic E-state index is 0.000642. The van der Waals surface area contributed by atoms with Crippen molar-refractivity contribution in [3.63, 3.8) is 0 Å². The highest BCUT2D eigenvalue weighted by atomic mass is 31.2. The van der Waals surface area contributed by atoms with Gasteiger partial charge >= 0.3 is 27.6 Å². The summed E-state index contributed by atoms with van der Waals surface area (Å²) in [6.07, 6.45) is 46.6. The first-order chi connectivity index (χ1) is 30.8. The summed E-state index contributed by atoms with van der Waals surface area (Å²) in [6, 6.07) is 0. The molecule has 0 aliphatic carbocycles. The molecule has 0 saturated carbocycles. The molecule has 0 spiro atoms. The molecule has 1 rings (SSSR count). The number of unbranched alkanes of at least 4 members (excludes halogenated alkanes) is 13. The lowest BCUT2D eigenvalue weighted by Crippen LogP contribution is -2.29. The fourth-order valence-corrected chi connectivity index (χ4v) is 7.45.